The lowest BCUT2D eigenvalue weighted by molar-refractivity contribution is -0.155. The summed E-state index contributed by atoms with van der Waals surface area (Å²) in [6.45, 7) is 2.34. The number of hydrogen-bond donors (Lipinski definition) is 1. The molecule has 3 aliphatic rings. The molecular weight excluding hydrogens is 344 g/mol. The quantitative estimate of drug-likeness (QED) is 0.717. The van der Waals surface area contributed by atoms with Gasteiger partial charge in [-0.3, -0.25) is 0 Å². The molecule has 2 aliphatic heterocycles. The minimum atomic E-state index is -0.287. The average Bonchev–Trinajstić information content (AvgIpc) is 3.12. The summed E-state index contributed by atoms with van der Waals surface area (Å²) >= 11 is 6.30. The average molecular weight is 367 g/mol. The highest BCUT2D eigenvalue weighted by Gasteiger charge is 2.51. The Morgan fingerprint density at radius 3 is 2.65 bits per heavy atom. The van der Waals surface area contributed by atoms with Crippen LogP contribution < -0.4 is 10.2 Å². The van der Waals surface area contributed by atoms with Crippen LogP contribution in [-0.2, 0) is 0 Å². The van der Waals surface area contributed by atoms with Gasteiger partial charge in [-0.05, 0) is 48.6 Å². The summed E-state index contributed by atoms with van der Waals surface area (Å²) < 4.78 is 6.63. The van der Waals surface area contributed by atoms with E-state index in [9.17, 15) is 0 Å². The highest BCUT2D eigenvalue weighted by atomic mass is 35.5. The van der Waals surface area contributed by atoms with Crippen molar-refractivity contribution in [3.63, 3.8) is 0 Å². The smallest absolute Gasteiger partial charge is 0.180 e. The number of nitrogens with zero attached hydrogens (tertiary/aromatic N) is 1. The Morgan fingerprint density at radius 1 is 1.12 bits per heavy atom. The van der Waals surface area contributed by atoms with Crippen molar-refractivity contribution >= 4 is 17.3 Å². The van der Waals surface area contributed by atoms with Gasteiger partial charge in [-0.15, -0.1) is 0 Å². The van der Waals surface area contributed by atoms with Crippen LogP contribution in [0, 0.1) is 5.92 Å². The summed E-state index contributed by atoms with van der Waals surface area (Å²) in [5, 5.41) is 3.09. The van der Waals surface area contributed by atoms with Crippen LogP contribution in [0.4, 0.5) is 0 Å². The Kier molecular flexibility index (Phi) is 3.77. The molecular formula is C22H23ClN2O. The predicted octanol–water partition coefficient (Wildman–Crippen LogP) is 5.54. The second-order valence-electron chi connectivity index (χ2n) is 7.79. The van der Waals surface area contributed by atoms with Gasteiger partial charge in [-0.2, -0.15) is 5.01 Å². The van der Waals surface area contributed by atoms with Crippen molar-refractivity contribution in [2.75, 3.05) is 0 Å². The van der Waals surface area contributed by atoms with E-state index in [4.69, 9.17) is 16.3 Å². The monoisotopic (exact) mass is 366 g/mol. The van der Waals surface area contributed by atoms with E-state index in [0.717, 1.165) is 40.8 Å². The Bertz CT molecular complexity index is 856. The molecule has 1 unspecified atom stereocenters. The van der Waals surface area contributed by atoms with E-state index in [0.29, 0.717) is 0 Å². The van der Waals surface area contributed by atoms with Crippen molar-refractivity contribution < 1.29 is 4.74 Å². The van der Waals surface area contributed by atoms with Crippen molar-refractivity contribution in [3.05, 3.63) is 70.8 Å². The number of halogens is 1. The van der Waals surface area contributed by atoms with Crippen LogP contribution >= 0.6 is 11.6 Å². The van der Waals surface area contributed by atoms with Crippen LogP contribution in [0.5, 0.6) is 5.75 Å². The summed E-state index contributed by atoms with van der Waals surface area (Å²) in [4.78, 5) is 0. The number of rotatable bonds is 1. The Morgan fingerprint density at radius 2 is 1.88 bits per heavy atom. The molecule has 4 heteroatoms. The van der Waals surface area contributed by atoms with Crippen LogP contribution in [0.2, 0.25) is 5.02 Å². The molecule has 26 heavy (non-hydrogen) atoms. The standard InChI is InChI=1S/C22H23ClN2O/c1-15-9-11-22(12-10-15)25-20(18-13-17(23)7-8-21(18)26-22)14-19(24-25)16-5-3-2-4-6-16/h2-8,13-15,20,24H,9-12H2,1H3. The molecule has 3 nitrogen and oxygen atoms in total. The summed E-state index contributed by atoms with van der Waals surface area (Å²) in [6.07, 6.45) is 6.76. The lowest BCUT2D eigenvalue weighted by Crippen LogP contribution is -2.60. The number of benzene rings is 2. The van der Waals surface area contributed by atoms with Crippen LogP contribution in [0.3, 0.4) is 0 Å². The maximum absolute atomic E-state index is 6.63. The number of nitrogens with one attached hydrogen (secondary N) is 1. The Balaban J connectivity index is 1.59. The van der Waals surface area contributed by atoms with Gasteiger partial charge in [0.2, 0.25) is 0 Å². The molecule has 5 rings (SSSR count). The zero-order valence-electron chi connectivity index (χ0n) is 14.9. The van der Waals surface area contributed by atoms with Crippen LogP contribution in [0.15, 0.2) is 54.6 Å². The molecule has 1 aliphatic carbocycles. The first kappa shape index (κ1) is 16.2. The topological polar surface area (TPSA) is 24.5 Å². The van der Waals surface area contributed by atoms with Crippen LogP contribution in [0.1, 0.15) is 49.8 Å². The lowest BCUT2D eigenvalue weighted by Gasteiger charge is -2.51. The summed E-state index contributed by atoms with van der Waals surface area (Å²) in [5.41, 5.74) is 6.87. The highest BCUT2D eigenvalue weighted by molar-refractivity contribution is 6.30. The first-order valence-electron chi connectivity index (χ1n) is 9.46. The van der Waals surface area contributed by atoms with Crippen molar-refractivity contribution in [1.29, 1.82) is 0 Å². The highest BCUT2D eigenvalue weighted by Crippen LogP contribution is 2.50. The molecule has 2 heterocycles. The largest absolute Gasteiger partial charge is 0.471 e. The van der Waals surface area contributed by atoms with Gasteiger partial charge in [0.1, 0.15) is 5.75 Å². The van der Waals surface area contributed by atoms with Crippen LogP contribution in [-0.4, -0.2) is 10.7 Å². The van der Waals surface area contributed by atoms with Crippen molar-refractivity contribution in [2.45, 2.75) is 44.4 Å². The van der Waals surface area contributed by atoms with E-state index in [1.807, 2.05) is 18.2 Å². The summed E-state index contributed by atoms with van der Waals surface area (Å²) in [7, 11) is 0. The zero-order valence-corrected chi connectivity index (χ0v) is 15.7. The van der Waals surface area contributed by atoms with Gasteiger partial charge in [0, 0.05) is 23.4 Å². The minimum absolute atomic E-state index is 0.140. The molecule has 0 saturated heterocycles. The molecule has 1 fully saturated rings. The third-order valence-electron chi connectivity index (χ3n) is 6.01. The molecule has 1 spiro atoms. The van der Waals surface area contributed by atoms with Gasteiger partial charge < -0.3 is 10.2 Å². The van der Waals surface area contributed by atoms with Crippen molar-refractivity contribution in [2.24, 2.45) is 5.92 Å². The second kappa shape index (κ2) is 6.04. The summed E-state index contributed by atoms with van der Waals surface area (Å²) in [6, 6.07) is 16.6. The van der Waals surface area contributed by atoms with E-state index < -0.39 is 0 Å². The van der Waals surface area contributed by atoms with E-state index in [1.165, 1.54) is 18.4 Å². The van der Waals surface area contributed by atoms with Crippen molar-refractivity contribution in [1.82, 2.24) is 10.4 Å². The first-order valence-corrected chi connectivity index (χ1v) is 9.84. The molecule has 0 aromatic heterocycles. The second-order valence-corrected chi connectivity index (χ2v) is 8.22. The minimum Gasteiger partial charge on any atom is -0.471 e. The number of ether oxygens (including phenoxy) is 1. The van der Waals surface area contributed by atoms with Crippen molar-refractivity contribution in [3.8, 4) is 5.75 Å². The molecule has 2 aromatic rings. The van der Waals surface area contributed by atoms with E-state index in [-0.39, 0.29) is 11.8 Å². The molecule has 0 radical (unpaired) electrons. The number of hydrazine groups is 1. The van der Waals surface area contributed by atoms with E-state index in [1.54, 1.807) is 0 Å². The Labute approximate surface area is 159 Å². The van der Waals surface area contributed by atoms with Crippen LogP contribution in [0.25, 0.3) is 5.70 Å². The van der Waals surface area contributed by atoms with Gasteiger partial charge in [-0.25, -0.2) is 0 Å². The van der Waals surface area contributed by atoms with Gasteiger partial charge in [0.05, 0.1) is 11.7 Å². The maximum atomic E-state index is 6.63. The molecule has 0 bridgehead atoms. The maximum Gasteiger partial charge on any atom is 0.180 e. The normalized spacial score (nSPS) is 30.2. The number of fused-ring (bicyclic) bond motifs is 4. The molecule has 2 aromatic carbocycles. The van der Waals surface area contributed by atoms with Gasteiger partial charge in [-0.1, -0.05) is 48.9 Å². The third kappa shape index (κ3) is 2.53. The predicted molar refractivity (Wildman–Crippen MR) is 105 cm³/mol. The van der Waals surface area contributed by atoms with Gasteiger partial charge in [0.25, 0.3) is 0 Å². The van der Waals surface area contributed by atoms with E-state index in [2.05, 4.69) is 53.8 Å². The molecule has 1 saturated carbocycles. The molecule has 1 N–H and O–H groups in total. The zero-order chi connectivity index (χ0) is 17.7. The number of hydrogen-bond acceptors (Lipinski definition) is 3. The fourth-order valence-corrected chi connectivity index (χ4v) is 4.67. The Hall–Kier alpha value is -1.97. The molecule has 1 atom stereocenters. The fraction of sp³-hybridized carbons (Fsp3) is 0.364. The van der Waals surface area contributed by atoms with Gasteiger partial charge in [0.15, 0.2) is 5.72 Å². The molecule has 0 amide bonds. The van der Waals surface area contributed by atoms with E-state index >= 15 is 0 Å². The third-order valence-corrected chi connectivity index (χ3v) is 6.25. The molecule has 134 valence electrons. The first-order chi connectivity index (χ1) is 12.6. The summed E-state index contributed by atoms with van der Waals surface area (Å²) in [5.74, 6) is 1.73. The fourth-order valence-electron chi connectivity index (χ4n) is 4.49. The van der Waals surface area contributed by atoms with Gasteiger partial charge >= 0.3 is 0 Å². The lowest BCUT2D eigenvalue weighted by atomic mass is 9.82. The SMILES string of the molecule is CC1CCC2(CC1)Oc1ccc(Cl)cc1C1C=C(c3ccccc3)NN12.